The number of Topliss-reactive ketones (excluding diaryl/α,β-unsaturated/α-hetero) is 1. The highest BCUT2D eigenvalue weighted by Crippen LogP contribution is 2.45. The molecule has 1 unspecified atom stereocenters. The first kappa shape index (κ1) is 20.6. The van der Waals surface area contributed by atoms with Gasteiger partial charge in [0.15, 0.2) is 0 Å². The summed E-state index contributed by atoms with van der Waals surface area (Å²) in [7, 11) is 2.86. The maximum absolute atomic E-state index is 13.1. The van der Waals surface area contributed by atoms with Gasteiger partial charge in [-0.1, -0.05) is 17.7 Å². The van der Waals surface area contributed by atoms with Gasteiger partial charge in [0.2, 0.25) is 0 Å². The van der Waals surface area contributed by atoms with Crippen molar-refractivity contribution in [3.05, 3.63) is 82.8 Å². The third kappa shape index (κ3) is 3.43. The Morgan fingerprint density at radius 3 is 2.19 bits per heavy atom. The Kier molecular flexibility index (Phi) is 5.44. The number of hydrogen-bond donors (Lipinski definition) is 1. The van der Waals surface area contributed by atoms with E-state index in [1.165, 1.54) is 25.4 Å². The highest BCUT2D eigenvalue weighted by Gasteiger charge is 2.48. The molecule has 7 nitrogen and oxygen atoms in total. The van der Waals surface area contributed by atoms with Crippen molar-refractivity contribution in [1.82, 2.24) is 0 Å². The van der Waals surface area contributed by atoms with Crippen molar-refractivity contribution in [2.45, 2.75) is 6.04 Å². The van der Waals surface area contributed by atoms with E-state index in [1.807, 2.05) is 0 Å². The van der Waals surface area contributed by atoms with Crippen LogP contribution in [0.4, 0.5) is 5.69 Å². The molecular formula is C23H18ClNO6. The fourth-order valence-electron chi connectivity index (χ4n) is 3.64. The average molecular weight is 440 g/mol. The minimum absolute atomic E-state index is 0.141. The lowest BCUT2D eigenvalue weighted by Crippen LogP contribution is -2.29. The van der Waals surface area contributed by atoms with Crippen LogP contribution in [0.5, 0.6) is 11.5 Å². The Hall–Kier alpha value is -3.71. The van der Waals surface area contributed by atoms with Crippen molar-refractivity contribution < 1.29 is 28.6 Å². The molecule has 1 aliphatic rings. The van der Waals surface area contributed by atoms with E-state index in [0.717, 1.165) is 0 Å². The molecule has 0 bridgehead atoms. The summed E-state index contributed by atoms with van der Waals surface area (Å²) in [5, 5.41) is 11.7. The number of furan rings is 1. The first-order valence-electron chi connectivity index (χ1n) is 9.29. The van der Waals surface area contributed by atoms with Crippen molar-refractivity contribution >= 4 is 34.7 Å². The maximum Gasteiger partial charge on any atom is 0.300 e. The second-order valence-corrected chi connectivity index (χ2v) is 7.13. The number of amides is 1. The quantitative estimate of drug-likeness (QED) is 0.355. The zero-order valence-electron chi connectivity index (χ0n) is 16.7. The largest absolute Gasteiger partial charge is 0.506 e. The standard InChI is InChI=1S/C23H18ClNO6/c1-29-15-5-3-6-16(30-2)18(15)21(26)19-20(17-7-4-12-31-17)25(23(28)22(19)27)14-10-8-13(24)9-11-14/h3-12,20,26H,1-2H3/b21-19+. The van der Waals surface area contributed by atoms with Crippen LogP contribution in [-0.2, 0) is 9.59 Å². The number of carbonyl (C=O) groups excluding carboxylic acids is 2. The van der Waals surface area contributed by atoms with E-state index in [2.05, 4.69) is 0 Å². The highest BCUT2D eigenvalue weighted by atomic mass is 35.5. The molecule has 8 heteroatoms. The smallest absolute Gasteiger partial charge is 0.300 e. The average Bonchev–Trinajstić information content (AvgIpc) is 3.40. The topological polar surface area (TPSA) is 89.2 Å². The van der Waals surface area contributed by atoms with E-state index in [-0.39, 0.29) is 22.6 Å². The monoisotopic (exact) mass is 439 g/mol. The summed E-state index contributed by atoms with van der Waals surface area (Å²) in [5.41, 5.74) is 0.454. The van der Waals surface area contributed by atoms with Crippen LogP contribution in [0.25, 0.3) is 5.76 Å². The van der Waals surface area contributed by atoms with Gasteiger partial charge in [0, 0.05) is 10.7 Å². The van der Waals surface area contributed by atoms with Crippen LogP contribution < -0.4 is 14.4 Å². The number of aliphatic hydroxyl groups excluding tert-OH is 1. The van der Waals surface area contributed by atoms with Gasteiger partial charge in [-0.3, -0.25) is 14.5 Å². The number of hydrogen-bond acceptors (Lipinski definition) is 6. The molecule has 2 heterocycles. The molecule has 1 amide bonds. The number of halogens is 1. The van der Waals surface area contributed by atoms with Crippen LogP contribution in [0.1, 0.15) is 17.4 Å². The SMILES string of the molecule is COc1cccc(OC)c1/C(O)=C1\C(=O)C(=O)N(c2ccc(Cl)cc2)C1c1ccco1. The lowest BCUT2D eigenvalue weighted by molar-refractivity contribution is -0.132. The molecule has 0 spiro atoms. The van der Waals surface area contributed by atoms with E-state index >= 15 is 0 Å². The second kappa shape index (κ2) is 8.20. The predicted molar refractivity (Wildman–Crippen MR) is 114 cm³/mol. The molecule has 0 saturated carbocycles. The Balaban J connectivity index is 1.98. The third-order valence-electron chi connectivity index (χ3n) is 5.03. The van der Waals surface area contributed by atoms with Crippen molar-refractivity contribution in [3.8, 4) is 11.5 Å². The van der Waals surface area contributed by atoms with Crippen LogP contribution in [0.15, 0.2) is 70.9 Å². The van der Waals surface area contributed by atoms with Gasteiger partial charge in [-0.25, -0.2) is 0 Å². The minimum Gasteiger partial charge on any atom is -0.506 e. The van der Waals surface area contributed by atoms with Crippen molar-refractivity contribution in [2.75, 3.05) is 19.1 Å². The van der Waals surface area contributed by atoms with Crippen LogP contribution in [0, 0.1) is 0 Å². The Morgan fingerprint density at radius 1 is 1.00 bits per heavy atom. The molecule has 0 aliphatic carbocycles. The van der Waals surface area contributed by atoms with Gasteiger partial charge >= 0.3 is 0 Å². The molecule has 3 aromatic rings. The summed E-state index contributed by atoms with van der Waals surface area (Å²) in [6.45, 7) is 0. The lowest BCUT2D eigenvalue weighted by atomic mass is 9.98. The summed E-state index contributed by atoms with van der Waals surface area (Å²) in [4.78, 5) is 27.4. The van der Waals surface area contributed by atoms with E-state index in [1.54, 1.807) is 54.6 Å². The van der Waals surface area contributed by atoms with Crippen LogP contribution in [0.2, 0.25) is 5.02 Å². The number of rotatable bonds is 5. The maximum atomic E-state index is 13.1. The summed E-state index contributed by atoms with van der Waals surface area (Å²) >= 11 is 5.98. The van der Waals surface area contributed by atoms with Crippen molar-refractivity contribution in [1.29, 1.82) is 0 Å². The van der Waals surface area contributed by atoms with Gasteiger partial charge in [-0.05, 0) is 48.5 Å². The molecule has 4 rings (SSSR count). The van der Waals surface area contributed by atoms with Gasteiger partial charge in [0.1, 0.15) is 34.6 Å². The van der Waals surface area contributed by atoms with E-state index in [0.29, 0.717) is 16.5 Å². The molecule has 2 aromatic carbocycles. The summed E-state index contributed by atoms with van der Waals surface area (Å²) < 4.78 is 16.3. The molecule has 1 saturated heterocycles. The van der Waals surface area contributed by atoms with Crippen molar-refractivity contribution in [2.24, 2.45) is 0 Å². The number of anilines is 1. The van der Waals surface area contributed by atoms with Gasteiger partial charge in [0.25, 0.3) is 11.7 Å². The molecule has 158 valence electrons. The first-order valence-corrected chi connectivity index (χ1v) is 9.67. The first-order chi connectivity index (χ1) is 15.0. The Bertz CT molecular complexity index is 1150. The van der Waals surface area contributed by atoms with Crippen LogP contribution in [-0.4, -0.2) is 31.0 Å². The zero-order valence-corrected chi connectivity index (χ0v) is 17.4. The molecule has 31 heavy (non-hydrogen) atoms. The molecule has 1 aromatic heterocycles. The van der Waals surface area contributed by atoms with E-state index in [9.17, 15) is 14.7 Å². The Labute approximate surface area is 183 Å². The summed E-state index contributed by atoms with van der Waals surface area (Å²) in [5.74, 6) is -1.21. The molecule has 1 fully saturated rings. The van der Waals surface area contributed by atoms with Gasteiger partial charge < -0.3 is 19.0 Å². The van der Waals surface area contributed by atoms with E-state index < -0.39 is 23.5 Å². The number of ether oxygens (including phenoxy) is 2. The number of benzene rings is 2. The van der Waals surface area contributed by atoms with Crippen LogP contribution in [0.3, 0.4) is 0 Å². The minimum atomic E-state index is -0.995. The fourth-order valence-corrected chi connectivity index (χ4v) is 3.76. The zero-order chi connectivity index (χ0) is 22.1. The number of ketones is 1. The van der Waals surface area contributed by atoms with Gasteiger partial charge in [0.05, 0.1) is 26.1 Å². The second-order valence-electron chi connectivity index (χ2n) is 6.70. The molecule has 1 N–H and O–H groups in total. The number of aliphatic hydroxyl groups is 1. The number of carbonyl (C=O) groups is 2. The highest BCUT2D eigenvalue weighted by molar-refractivity contribution is 6.51. The third-order valence-corrected chi connectivity index (χ3v) is 5.28. The predicted octanol–water partition coefficient (Wildman–Crippen LogP) is 4.58. The lowest BCUT2D eigenvalue weighted by Gasteiger charge is -2.23. The molecule has 1 aliphatic heterocycles. The fraction of sp³-hybridized carbons (Fsp3) is 0.130. The van der Waals surface area contributed by atoms with Gasteiger partial charge in [-0.2, -0.15) is 0 Å². The number of methoxy groups -OCH3 is 2. The summed E-state index contributed by atoms with van der Waals surface area (Å²) in [6.07, 6.45) is 1.43. The summed E-state index contributed by atoms with van der Waals surface area (Å²) in [6, 6.07) is 13.7. The number of nitrogens with zero attached hydrogens (tertiary/aromatic N) is 1. The van der Waals surface area contributed by atoms with Gasteiger partial charge in [-0.15, -0.1) is 0 Å². The van der Waals surface area contributed by atoms with E-state index in [4.69, 9.17) is 25.5 Å². The normalized spacial score (nSPS) is 17.8. The van der Waals surface area contributed by atoms with Crippen LogP contribution >= 0.6 is 11.6 Å². The Morgan fingerprint density at radius 2 is 1.65 bits per heavy atom. The molecule has 0 radical (unpaired) electrons. The molecular weight excluding hydrogens is 422 g/mol. The van der Waals surface area contributed by atoms with Crippen molar-refractivity contribution in [3.63, 3.8) is 0 Å². The molecule has 1 atom stereocenters.